The predicted molar refractivity (Wildman–Crippen MR) is 110 cm³/mol. The van der Waals surface area contributed by atoms with Crippen molar-refractivity contribution in [3.63, 3.8) is 0 Å². The molecule has 0 aliphatic carbocycles. The molecule has 156 valence electrons. The molecule has 3 nitrogen and oxygen atoms in total. The van der Waals surface area contributed by atoms with Crippen LogP contribution in [0.3, 0.4) is 0 Å². The molecule has 0 bridgehead atoms. The normalized spacial score (nSPS) is 14.7. The zero-order chi connectivity index (χ0) is 21.7. The van der Waals surface area contributed by atoms with Crippen molar-refractivity contribution in [3.05, 3.63) is 87.9 Å². The Kier molecular flexibility index (Phi) is 5.16. The lowest BCUT2D eigenvalue weighted by Gasteiger charge is -2.15. The zero-order valence-corrected chi connectivity index (χ0v) is 17.4. The van der Waals surface area contributed by atoms with Crippen molar-refractivity contribution in [2.75, 3.05) is 0 Å². The molecule has 4 rings (SSSR count). The van der Waals surface area contributed by atoms with Crippen molar-refractivity contribution in [2.24, 2.45) is 0 Å². The smallest absolute Gasteiger partial charge is 0.207 e. The fraction of sp³-hybridized carbons (Fsp3) is 0.182. The average molecular weight is 452 g/mol. The molecular weight excluding hydrogens is 435 g/mol. The van der Waals surface area contributed by atoms with Crippen LogP contribution >= 0.6 is 11.6 Å². The van der Waals surface area contributed by atoms with Crippen LogP contribution in [-0.2, 0) is 29.3 Å². The van der Waals surface area contributed by atoms with Crippen molar-refractivity contribution in [1.29, 1.82) is 0 Å². The van der Waals surface area contributed by atoms with E-state index < -0.39 is 21.8 Å². The molecule has 0 atom stereocenters. The second-order valence-electron chi connectivity index (χ2n) is 7.26. The van der Waals surface area contributed by atoms with Crippen molar-refractivity contribution in [1.82, 2.24) is 4.31 Å². The van der Waals surface area contributed by atoms with Crippen molar-refractivity contribution >= 4 is 21.6 Å². The van der Waals surface area contributed by atoms with E-state index in [0.717, 1.165) is 11.6 Å². The van der Waals surface area contributed by atoms with Gasteiger partial charge in [-0.15, -0.1) is 0 Å². The molecule has 0 amide bonds. The monoisotopic (exact) mass is 451 g/mol. The standard InChI is InChI=1S/C22H17ClF3NO2S/c1-14-2-8-19(9-3-14)30(28,29)27-12-16-10-20(15-4-6-18(23)7-5-15)21(22(24,25)26)11-17(16)13-27/h2-11H,12-13H2,1H3. The Bertz CT molecular complexity index is 1200. The van der Waals surface area contributed by atoms with E-state index >= 15 is 0 Å². The highest BCUT2D eigenvalue weighted by molar-refractivity contribution is 7.89. The third-order valence-electron chi connectivity index (χ3n) is 5.15. The fourth-order valence-corrected chi connectivity index (χ4v) is 5.07. The maximum atomic E-state index is 13.8. The fourth-order valence-electron chi connectivity index (χ4n) is 3.55. The molecule has 0 saturated carbocycles. The van der Waals surface area contributed by atoms with Gasteiger partial charge in [-0.05, 0) is 65.6 Å². The summed E-state index contributed by atoms with van der Waals surface area (Å²) in [5, 5.41) is 0.420. The third kappa shape index (κ3) is 3.85. The summed E-state index contributed by atoms with van der Waals surface area (Å²) in [6.07, 6.45) is -4.58. The highest BCUT2D eigenvalue weighted by Gasteiger charge is 2.37. The maximum absolute atomic E-state index is 13.8. The Labute approximate surface area is 177 Å². The number of rotatable bonds is 3. The van der Waals surface area contributed by atoms with Gasteiger partial charge in [-0.2, -0.15) is 17.5 Å². The molecule has 0 aromatic heterocycles. The summed E-state index contributed by atoms with van der Waals surface area (Å²) in [7, 11) is -3.82. The lowest BCUT2D eigenvalue weighted by molar-refractivity contribution is -0.137. The predicted octanol–water partition coefficient (Wildman–Crippen LogP) is 6.04. The Morgan fingerprint density at radius 1 is 0.900 bits per heavy atom. The number of hydrogen-bond acceptors (Lipinski definition) is 2. The first-order valence-electron chi connectivity index (χ1n) is 9.11. The van der Waals surface area contributed by atoms with E-state index in [1.54, 1.807) is 12.1 Å². The molecule has 0 unspecified atom stereocenters. The molecule has 0 saturated heterocycles. The minimum atomic E-state index is -4.58. The minimum absolute atomic E-state index is 0.00694. The number of nitrogens with zero attached hydrogens (tertiary/aromatic N) is 1. The summed E-state index contributed by atoms with van der Waals surface area (Å²) in [5.74, 6) is 0. The van der Waals surface area contributed by atoms with Crippen LogP contribution in [0.15, 0.2) is 65.6 Å². The van der Waals surface area contributed by atoms with E-state index in [0.29, 0.717) is 21.7 Å². The van der Waals surface area contributed by atoms with Gasteiger partial charge < -0.3 is 0 Å². The average Bonchev–Trinajstić information content (AvgIpc) is 3.11. The molecule has 30 heavy (non-hydrogen) atoms. The van der Waals surface area contributed by atoms with Gasteiger partial charge in [-0.3, -0.25) is 0 Å². The van der Waals surface area contributed by atoms with Gasteiger partial charge in [0.05, 0.1) is 10.5 Å². The number of alkyl halides is 3. The highest BCUT2D eigenvalue weighted by Crippen LogP contribution is 2.41. The first kappa shape index (κ1) is 20.9. The highest BCUT2D eigenvalue weighted by atomic mass is 35.5. The SMILES string of the molecule is Cc1ccc(S(=O)(=O)N2Cc3cc(-c4ccc(Cl)cc4)c(C(F)(F)F)cc3C2)cc1. The second kappa shape index (κ2) is 7.41. The molecule has 0 N–H and O–H groups in total. The van der Waals surface area contributed by atoms with Crippen molar-refractivity contribution in [3.8, 4) is 11.1 Å². The third-order valence-corrected chi connectivity index (χ3v) is 7.21. The van der Waals surface area contributed by atoms with Gasteiger partial charge >= 0.3 is 6.18 Å². The Hall–Kier alpha value is -2.35. The van der Waals surface area contributed by atoms with Gasteiger partial charge in [0.1, 0.15) is 0 Å². The number of aryl methyl sites for hydroxylation is 1. The molecule has 0 radical (unpaired) electrons. The number of hydrogen-bond donors (Lipinski definition) is 0. The summed E-state index contributed by atoms with van der Waals surface area (Å²) >= 11 is 5.86. The van der Waals surface area contributed by atoms with Gasteiger partial charge in [0.25, 0.3) is 0 Å². The molecule has 8 heteroatoms. The number of halogens is 4. The van der Waals surface area contributed by atoms with E-state index in [9.17, 15) is 21.6 Å². The number of fused-ring (bicyclic) bond motifs is 1. The van der Waals surface area contributed by atoms with Gasteiger partial charge in [0, 0.05) is 18.1 Å². The van der Waals surface area contributed by atoms with E-state index in [2.05, 4.69) is 0 Å². The zero-order valence-electron chi connectivity index (χ0n) is 15.9. The molecule has 0 spiro atoms. The van der Waals surface area contributed by atoms with Crippen LogP contribution in [0.4, 0.5) is 13.2 Å². The summed E-state index contributed by atoms with van der Waals surface area (Å²) < 4.78 is 68.4. The van der Waals surface area contributed by atoms with E-state index in [-0.39, 0.29) is 23.5 Å². The molecule has 0 fully saturated rings. The first-order chi connectivity index (χ1) is 14.1. The Morgan fingerprint density at radius 3 is 2.03 bits per heavy atom. The maximum Gasteiger partial charge on any atom is 0.417 e. The lowest BCUT2D eigenvalue weighted by Crippen LogP contribution is -2.25. The second-order valence-corrected chi connectivity index (χ2v) is 9.63. The van der Waals surface area contributed by atoms with Crippen LogP contribution in [0, 0.1) is 6.92 Å². The van der Waals surface area contributed by atoms with Crippen molar-refractivity contribution in [2.45, 2.75) is 31.1 Å². The van der Waals surface area contributed by atoms with Crippen LogP contribution in [0.2, 0.25) is 5.02 Å². The molecule has 3 aromatic carbocycles. The van der Waals surface area contributed by atoms with Crippen LogP contribution in [-0.4, -0.2) is 12.7 Å². The molecular formula is C22H17ClF3NO2S. The largest absolute Gasteiger partial charge is 0.417 e. The molecule has 3 aromatic rings. The first-order valence-corrected chi connectivity index (χ1v) is 10.9. The summed E-state index contributed by atoms with van der Waals surface area (Å²) in [5.41, 5.74) is 1.42. The summed E-state index contributed by atoms with van der Waals surface area (Å²) in [6.45, 7) is 1.76. The molecule has 1 aliphatic rings. The Morgan fingerprint density at radius 2 is 1.47 bits per heavy atom. The van der Waals surface area contributed by atoms with E-state index in [4.69, 9.17) is 11.6 Å². The van der Waals surface area contributed by atoms with Crippen LogP contribution < -0.4 is 0 Å². The van der Waals surface area contributed by atoms with Crippen molar-refractivity contribution < 1.29 is 21.6 Å². The lowest BCUT2D eigenvalue weighted by atomic mass is 9.94. The van der Waals surface area contributed by atoms with E-state index in [1.165, 1.54) is 46.8 Å². The van der Waals surface area contributed by atoms with Gasteiger partial charge in [-0.1, -0.05) is 41.4 Å². The van der Waals surface area contributed by atoms with Crippen LogP contribution in [0.1, 0.15) is 22.3 Å². The number of benzene rings is 3. The minimum Gasteiger partial charge on any atom is -0.207 e. The van der Waals surface area contributed by atoms with Crippen LogP contribution in [0.5, 0.6) is 0 Å². The quantitative estimate of drug-likeness (QED) is 0.487. The van der Waals surface area contributed by atoms with E-state index in [1.807, 2.05) is 6.92 Å². The molecule has 1 heterocycles. The van der Waals surface area contributed by atoms with Gasteiger partial charge in [-0.25, -0.2) is 8.42 Å². The van der Waals surface area contributed by atoms with Gasteiger partial charge in [0.2, 0.25) is 10.0 Å². The van der Waals surface area contributed by atoms with Crippen LogP contribution in [0.25, 0.3) is 11.1 Å². The molecule has 1 aliphatic heterocycles. The van der Waals surface area contributed by atoms with Gasteiger partial charge in [0.15, 0.2) is 0 Å². The summed E-state index contributed by atoms with van der Waals surface area (Å²) in [4.78, 5) is 0.120. The number of sulfonamides is 1. The summed E-state index contributed by atoms with van der Waals surface area (Å²) in [6, 6.07) is 15.0. The Balaban J connectivity index is 1.76. The topological polar surface area (TPSA) is 37.4 Å².